The molecule has 2 saturated heterocycles. The van der Waals surface area contributed by atoms with Gasteiger partial charge in [0.25, 0.3) is 0 Å². The smallest absolute Gasteiger partial charge is 0.122 e. The van der Waals surface area contributed by atoms with E-state index in [1.54, 1.807) is 0 Å². The number of piperidine rings is 1. The van der Waals surface area contributed by atoms with Gasteiger partial charge < -0.3 is 9.84 Å². The molecule has 2 aliphatic heterocycles. The zero-order chi connectivity index (χ0) is 20.9. The number of aliphatic hydroxyl groups is 1. The van der Waals surface area contributed by atoms with Crippen LogP contribution >= 0.6 is 0 Å². The fourth-order valence-electron chi connectivity index (χ4n) is 10.4. The summed E-state index contributed by atoms with van der Waals surface area (Å²) in [6.07, 6.45) is 13.2. The van der Waals surface area contributed by atoms with Crippen LogP contribution in [0.4, 0.5) is 0 Å². The minimum Gasteiger partial charge on any atom is -0.393 e. The maximum absolute atomic E-state index is 10.3. The van der Waals surface area contributed by atoms with Crippen molar-refractivity contribution >= 4 is 0 Å². The van der Waals surface area contributed by atoms with Gasteiger partial charge in [-0.25, -0.2) is 0 Å². The van der Waals surface area contributed by atoms with Gasteiger partial charge >= 0.3 is 0 Å². The van der Waals surface area contributed by atoms with E-state index in [0.717, 1.165) is 54.9 Å². The van der Waals surface area contributed by atoms with Gasteiger partial charge in [0.1, 0.15) is 5.72 Å². The number of aliphatic hydroxyl groups excluding tert-OH is 1. The second-order valence-electron chi connectivity index (χ2n) is 13.3. The van der Waals surface area contributed by atoms with Crippen LogP contribution in [0.15, 0.2) is 0 Å². The molecule has 0 bridgehead atoms. The minimum absolute atomic E-state index is 0.0319. The Morgan fingerprint density at radius 1 is 0.867 bits per heavy atom. The van der Waals surface area contributed by atoms with Crippen LogP contribution in [0.5, 0.6) is 0 Å². The molecule has 6 rings (SSSR count). The lowest BCUT2D eigenvalue weighted by Gasteiger charge is -2.61. The van der Waals surface area contributed by atoms with Crippen LogP contribution in [0.25, 0.3) is 0 Å². The molecule has 6 aliphatic rings. The summed E-state index contributed by atoms with van der Waals surface area (Å²) in [6.45, 7) is 11.3. The summed E-state index contributed by atoms with van der Waals surface area (Å²) in [5.74, 6) is 5.57. The average molecular weight is 416 g/mol. The van der Waals surface area contributed by atoms with Gasteiger partial charge in [0.05, 0.1) is 12.2 Å². The summed E-state index contributed by atoms with van der Waals surface area (Å²) < 4.78 is 7.01. The Bertz CT molecular complexity index is 686. The van der Waals surface area contributed by atoms with E-state index < -0.39 is 0 Å². The molecule has 3 nitrogen and oxygen atoms in total. The summed E-state index contributed by atoms with van der Waals surface area (Å²) in [6, 6.07) is 0. The van der Waals surface area contributed by atoms with Gasteiger partial charge in [-0.05, 0) is 111 Å². The molecular weight excluding hydrogens is 370 g/mol. The van der Waals surface area contributed by atoms with Crippen molar-refractivity contribution < 1.29 is 9.84 Å². The third-order valence-electron chi connectivity index (χ3n) is 12.1. The fraction of sp³-hybridized carbons (Fsp3) is 1.00. The maximum Gasteiger partial charge on any atom is 0.122 e. The summed E-state index contributed by atoms with van der Waals surface area (Å²) in [4.78, 5) is 0. The number of ether oxygens (including phenoxy) is 1. The quantitative estimate of drug-likeness (QED) is 0.559. The molecule has 0 amide bonds. The van der Waals surface area contributed by atoms with Crippen LogP contribution in [0.2, 0.25) is 0 Å². The molecule has 12 atom stereocenters. The number of rotatable bonds is 0. The highest BCUT2D eigenvalue weighted by Gasteiger charge is 2.68. The van der Waals surface area contributed by atoms with E-state index in [1.807, 2.05) is 0 Å². The van der Waals surface area contributed by atoms with E-state index in [0.29, 0.717) is 22.9 Å². The van der Waals surface area contributed by atoms with Gasteiger partial charge in [0, 0.05) is 12.5 Å². The van der Waals surface area contributed by atoms with Gasteiger partial charge in [-0.15, -0.1) is 0 Å². The minimum atomic E-state index is -0.0320. The van der Waals surface area contributed by atoms with Gasteiger partial charge in [0.2, 0.25) is 0 Å². The monoisotopic (exact) mass is 415 g/mol. The van der Waals surface area contributed by atoms with Crippen molar-refractivity contribution in [2.45, 2.75) is 110 Å². The molecule has 3 heteroatoms. The first-order valence-electron chi connectivity index (χ1n) is 13.4. The van der Waals surface area contributed by atoms with Crippen LogP contribution in [-0.4, -0.2) is 29.6 Å². The van der Waals surface area contributed by atoms with Crippen LogP contribution in [0.1, 0.15) is 91.9 Å². The zero-order valence-electron chi connectivity index (χ0n) is 19.8. The molecule has 4 aliphatic carbocycles. The molecule has 30 heavy (non-hydrogen) atoms. The lowest BCUT2D eigenvalue weighted by molar-refractivity contribution is -0.140. The molecule has 0 aromatic carbocycles. The second-order valence-corrected chi connectivity index (χ2v) is 13.3. The molecule has 2 N–H and O–H groups in total. The van der Waals surface area contributed by atoms with Crippen LogP contribution in [0.3, 0.4) is 0 Å². The van der Waals surface area contributed by atoms with Crippen molar-refractivity contribution in [3.05, 3.63) is 0 Å². The Labute approximate surface area is 184 Å². The Morgan fingerprint density at radius 2 is 1.67 bits per heavy atom. The van der Waals surface area contributed by atoms with Crippen molar-refractivity contribution in [2.75, 3.05) is 6.54 Å². The molecule has 1 spiro atoms. The lowest BCUT2D eigenvalue weighted by atomic mass is 9.44. The lowest BCUT2D eigenvalue weighted by Crippen LogP contribution is -2.57. The number of hydrogen-bond acceptors (Lipinski definition) is 3. The van der Waals surface area contributed by atoms with E-state index >= 15 is 0 Å². The average Bonchev–Trinajstić information content (AvgIpc) is 3.16. The number of fused-ring (bicyclic) bond motifs is 7. The molecule has 4 saturated carbocycles. The van der Waals surface area contributed by atoms with Crippen molar-refractivity contribution in [1.29, 1.82) is 0 Å². The molecule has 0 radical (unpaired) electrons. The van der Waals surface area contributed by atoms with Gasteiger partial charge in [-0.2, -0.15) is 0 Å². The maximum atomic E-state index is 10.3. The van der Waals surface area contributed by atoms with Crippen molar-refractivity contribution in [3.8, 4) is 0 Å². The first-order valence-corrected chi connectivity index (χ1v) is 13.4. The van der Waals surface area contributed by atoms with Crippen LogP contribution < -0.4 is 5.32 Å². The highest BCUT2D eigenvalue weighted by Crippen LogP contribution is 2.71. The second kappa shape index (κ2) is 6.70. The number of hydrogen-bond donors (Lipinski definition) is 2. The van der Waals surface area contributed by atoms with Crippen molar-refractivity contribution in [3.63, 3.8) is 0 Å². The molecule has 0 aromatic rings. The van der Waals surface area contributed by atoms with Crippen molar-refractivity contribution in [1.82, 2.24) is 5.32 Å². The summed E-state index contributed by atoms with van der Waals surface area (Å²) in [7, 11) is 0. The van der Waals surface area contributed by atoms with E-state index in [1.165, 1.54) is 51.4 Å². The standard InChI is InChI=1S/C27H45NO2/c1-16-7-12-27(28-15-16)17(2)24-23(30-27)14-22-20-6-5-18-13-19(29)8-10-25(18,3)21(20)9-11-26(22,24)4/h16-24,28-29H,5-15H2,1-4H3/t16-,17+,18-,19-,20+,21-,22-,23-,24-,25-,26-,27-/m0/s1. The molecule has 6 fully saturated rings. The Hall–Kier alpha value is -0.120. The summed E-state index contributed by atoms with van der Waals surface area (Å²) in [5.41, 5.74) is 0.919. The van der Waals surface area contributed by atoms with Crippen LogP contribution in [0, 0.1) is 52.3 Å². The predicted molar refractivity (Wildman–Crippen MR) is 120 cm³/mol. The Morgan fingerprint density at radius 3 is 2.43 bits per heavy atom. The largest absolute Gasteiger partial charge is 0.393 e. The Balaban J connectivity index is 1.26. The molecule has 0 aromatic heterocycles. The summed E-state index contributed by atoms with van der Waals surface area (Å²) in [5, 5.41) is 14.2. The predicted octanol–water partition coefficient (Wildman–Crippen LogP) is 5.37. The third-order valence-corrected chi connectivity index (χ3v) is 12.1. The Kier molecular flexibility index (Phi) is 4.58. The van der Waals surface area contributed by atoms with Gasteiger partial charge in [0.15, 0.2) is 0 Å². The van der Waals surface area contributed by atoms with Gasteiger partial charge in [-0.1, -0.05) is 27.7 Å². The van der Waals surface area contributed by atoms with E-state index in [-0.39, 0.29) is 11.8 Å². The summed E-state index contributed by atoms with van der Waals surface area (Å²) >= 11 is 0. The zero-order valence-corrected chi connectivity index (χ0v) is 19.8. The molecular formula is C27H45NO2. The van der Waals surface area contributed by atoms with Gasteiger partial charge in [-0.3, -0.25) is 5.32 Å². The highest BCUT2D eigenvalue weighted by atomic mass is 16.5. The highest BCUT2D eigenvalue weighted by molar-refractivity contribution is 5.16. The topological polar surface area (TPSA) is 41.5 Å². The fourth-order valence-corrected chi connectivity index (χ4v) is 10.4. The molecule has 170 valence electrons. The van der Waals surface area contributed by atoms with E-state index in [4.69, 9.17) is 4.74 Å². The molecule has 0 unspecified atom stereocenters. The third kappa shape index (κ3) is 2.61. The van der Waals surface area contributed by atoms with E-state index in [9.17, 15) is 5.11 Å². The SMILES string of the molecule is C[C@H]1CC[C@]2(NC1)O[C@H]1C[C@H]3[C@@H]4CC[C@H]5C[C@@H](O)CC[C@]5(C)[C@H]4CC[C@]3(C)[C@H]1[C@H]2C. The molecule has 2 heterocycles. The van der Waals surface area contributed by atoms with Crippen molar-refractivity contribution in [2.24, 2.45) is 52.3 Å². The van der Waals surface area contributed by atoms with Crippen LogP contribution in [-0.2, 0) is 4.74 Å². The van der Waals surface area contributed by atoms with E-state index in [2.05, 4.69) is 33.0 Å². The first-order chi connectivity index (χ1) is 14.3. The normalized spacial score (nSPS) is 62.5. The number of nitrogens with one attached hydrogen (secondary N) is 1. The first kappa shape index (κ1) is 20.5.